The van der Waals surface area contributed by atoms with Crippen LogP contribution in [0.5, 0.6) is 0 Å². The molecule has 24 heavy (non-hydrogen) atoms. The SMILES string of the molecule is C=CC(=O)Nc1cc(NC(=O)COCc2ccnn2C)ccc1F. The lowest BCUT2D eigenvalue weighted by atomic mass is 10.2. The Morgan fingerprint density at radius 3 is 2.83 bits per heavy atom. The van der Waals surface area contributed by atoms with E-state index < -0.39 is 17.6 Å². The second kappa shape index (κ2) is 8.02. The number of ether oxygens (including phenoxy) is 1. The molecular formula is C16H17FN4O3. The van der Waals surface area contributed by atoms with Crippen LogP contribution >= 0.6 is 0 Å². The highest BCUT2D eigenvalue weighted by atomic mass is 19.1. The fourth-order valence-corrected chi connectivity index (χ4v) is 1.87. The Morgan fingerprint density at radius 1 is 1.38 bits per heavy atom. The lowest BCUT2D eigenvalue weighted by Crippen LogP contribution is -2.19. The molecule has 126 valence electrons. The molecule has 0 saturated carbocycles. The van der Waals surface area contributed by atoms with Gasteiger partial charge in [0.1, 0.15) is 12.4 Å². The normalized spacial score (nSPS) is 10.2. The van der Waals surface area contributed by atoms with E-state index in [1.54, 1.807) is 24.0 Å². The summed E-state index contributed by atoms with van der Waals surface area (Å²) in [5.41, 5.74) is 1.12. The van der Waals surface area contributed by atoms with Crippen molar-refractivity contribution in [1.82, 2.24) is 9.78 Å². The summed E-state index contributed by atoms with van der Waals surface area (Å²) < 4.78 is 20.6. The van der Waals surface area contributed by atoms with E-state index >= 15 is 0 Å². The van der Waals surface area contributed by atoms with Crippen LogP contribution in [0.3, 0.4) is 0 Å². The number of anilines is 2. The number of carbonyl (C=O) groups is 2. The quantitative estimate of drug-likeness (QED) is 0.758. The molecule has 0 aliphatic rings. The second-order valence-corrected chi connectivity index (χ2v) is 4.88. The van der Waals surface area contributed by atoms with Crippen LogP contribution in [0.15, 0.2) is 43.1 Å². The number of amides is 2. The molecule has 1 aromatic carbocycles. The first kappa shape index (κ1) is 17.4. The van der Waals surface area contributed by atoms with Crippen molar-refractivity contribution in [1.29, 1.82) is 0 Å². The van der Waals surface area contributed by atoms with Gasteiger partial charge in [-0.05, 0) is 30.3 Å². The highest BCUT2D eigenvalue weighted by molar-refractivity contribution is 5.99. The summed E-state index contributed by atoms with van der Waals surface area (Å²) in [5, 5.41) is 8.87. The predicted molar refractivity (Wildman–Crippen MR) is 86.7 cm³/mol. The van der Waals surface area contributed by atoms with Crippen molar-refractivity contribution in [2.75, 3.05) is 17.2 Å². The summed E-state index contributed by atoms with van der Waals surface area (Å²) in [7, 11) is 1.77. The second-order valence-electron chi connectivity index (χ2n) is 4.88. The smallest absolute Gasteiger partial charge is 0.250 e. The molecule has 0 aliphatic carbocycles. The summed E-state index contributed by atoms with van der Waals surface area (Å²) in [5.74, 6) is -1.56. The average molecular weight is 332 g/mol. The zero-order valence-electron chi connectivity index (χ0n) is 13.1. The van der Waals surface area contributed by atoms with Crippen LogP contribution in [0.1, 0.15) is 5.69 Å². The summed E-state index contributed by atoms with van der Waals surface area (Å²) in [6.07, 6.45) is 2.66. The maximum atomic E-state index is 13.6. The minimum absolute atomic E-state index is 0.0477. The minimum Gasteiger partial charge on any atom is -0.365 e. The van der Waals surface area contributed by atoms with E-state index in [1.165, 1.54) is 12.1 Å². The number of halogens is 1. The lowest BCUT2D eigenvalue weighted by molar-refractivity contribution is -0.121. The first-order chi connectivity index (χ1) is 11.5. The molecule has 7 nitrogen and oxygen atoms in total. The van der Waals surface area contributed by atoms with Gasteiger partial charge in [0.2, 0.25) is 11.8 Å². The number of hydrogen-bond acceptors (Lipinski definition) is 4. The van der Waals surface area contributed by atoms with Gasteiger partial charge < -0.3 is 15.4 Å². The molecule has 2 amide bonds. The van der Waals surface area contributed by atoms with Crippen molar-refractivity contribution in [3.05, 3.63) is 54.6 Å². The van der Waals surface area contributed by atoms with Crippen LogP contribution in [-0.2, 0) is 28.0 Å². The van der Waals surface area contributed by atoms with Crippen LogP contribution < -0.4 is 10.6 Å². The molecule has 0 unspecified atom stereocenters. The summed E-state index contributed by atoms with van der Waals surface area (Å²) >= 11 is 0. The summed E-state index contributed by atoms with van der Waals surface area (Å²) in [4.78, 5) is 23.1. The third kappa shape index (κ3) is 4.75. The van der Waals surface area contributed by atoms with Crippen molar-refractivity contribution in [3.63, 3.8) is 0 Å². The zero-order chi connectivity index (χ0) is 17.5. The van der Waals surface area contributed by atoms with E-state index in [0.717, 1.165) is 17.8 Å². The van der Waals surface area contributed by atoms with Gasteiger partial charge in [0.05, 0.1) is 18.0 Å². The van der Waals surface area contributed by atoms with Crippen LogP contribution in [0.2, 0.25) is 0 Å². The molecule has 0 radical (unpaired) electrons. The highest BCUT2D eigenvalue weighted by Crippen LogP contribution is 2.19. The third-order valence-electron chi connectivity index (χ3n) is 3.10. The Morgan fingerprint density at radius 2 is 2.17 bits per heavy atom. The molecule has 2 N–H and O–H groups in total. The Kier molecular flexibility index (Phi) is 5.80. The standard InChI is InChI=1S/C16H17FN4O3/c1-3-15(22)20-14-8-11(4-5-13(14)17)19-16(23)10-24-9-12-6-7-18-21(12)2/h3-8H,1,9-10H2,2H3,(H,19,23)(H,20,22). The molecule has 0 fully saturated rings. The van der Waals surface area contributed by atoms with Gasteiger partial charge in [0.25, 0.3) is 0 Å². The van der Waals surface area contributed by atoms with Crippen LogP contribution in [0.4, 0.5) is 15.8 Å². The minimum atomic E-state index is -0.615. The Labute approximate surface area is 138 Å². The van der Waals surface area contributed by atoms with Gasteiger partial charge >= 0.3 is 0 Å². The molecule has 2 aromatic rings. The van der Waals surface area contributed by atoms with E-state index in [0.29, 0.717) is 5.69 Å². The van der Waals surface area contributed by atoms with Crippen LogP contribution in [-0.4, -0.2) is 28.2 Å². The topological polar surface area (TPSA) is 85.2 Å². The van der Waals surface area contributed by atoms with Crippen molar-refractivity contribution < 1.29 is 18.7 Å². The monoisotopic (exact) mass is 332 g/mol. The van der Waals surface area contributed by atoms with Crippen molar-refractivity contribution in [3.8, 4) is 0 Å². The molecule has 0 bridgehead atoms. The Hall–Kier alpha value is -3.00. The number of nitrogens with one attached hydrogen (secondary N) is 2. The Balaban J connectivity index is 1.89. The molecule has 1 heterocycles. The average Bonchev–Trinajstić information content (AvgIpc) is 2.95. The van der Waals surface area contributed by atoms with Crippen LogP contribution in [0.25, 0.3) is 0 Å². The van der Waals surface area contributed by atoms with Gasteiger partial charge in [-0.15, -0.1) is 0 Å². The van der Waals surface area contributed by atoms with Gasteiger partial charge in [-0.2, -0.15) is 5.10 Å². The molecule has 2 rings (SSSR count). The molecule has 0 saturated heterocycles. The maximum absolute atomic E-state index is 13.6. The third-order valence-corrected chi connectivity index (χ3v) is 3.10. The van der Waals surface area contributed by atoms with Gasteiger partial charge in [-0.3, -0.25) is 14.3 Å². The first-order valence-corrected chi connectivity index (χ1v) is 7.07. The number of aromatic nitrogens is 2. The molecular weight excluding hydrogens is 315 g/mol. The summed E-state index contributed by atoms with van der Waals surface area (Å²) in [6, 6.07) is 5.63. The largest absolute Gasteiger partial charge is 0.365 e. The van der Waals surface area contributed by atoms with Gasteiger partial charge in [0, 0.05) is 18.9 Å². The van der Waals surface area contributed by atoms with Crippen molar-refractivity contribution in [2.45, 2.75) is 6.61 Å². The van der Waals surface area contributed by atoms with E-state index in [-0.39, 0.29) is 18.9 Å². The lowest BCUT2D eigenvalue weighted by Gasteiger charge is -2.09. The van der Waals surface area contributed by atoms with Gasteiger partial charge in [0.15, 0.2) is 0 Å². The van der Waals surface area contributed by atoms with Gasteiger partial charge in [-0.25, -0.2) is 4.39 Å². The van der Waals surface area contributed by atoms with E-state index in [2.05, 4.69) is 22.3 Å². The molecule has 0 atom stereocenters. The number of hydrogen-bond donors (Lipinski definition) is 2. The fraction of sp³-hybridized carbons (Fsp3) is 0.188. The van der Waals surface area contributed by atoms with Crippen LogP contribution in [0, 0.1) is 5.82 Å². The zero-order valence-corrected chi connectivity index (χ0v) is 13.1. The molecule has 8 heteroatoms. The van der Waals surface area contributed by atoms with Crippen molar-refractivity contribution >= 4 is 23.2 Å². The number of aryl methyl sites for hydroxylation is 1. The van der Waals surface area contributed by atoms with E-state index in [1.807, 2.05) is 0 Å². The number of nitrogens with zero attached hydrogens (tertiary/aromatic N) is 2. The fourth-order valence-electron chi connectivity index (χ4n) is 1.87. The number of carbonyl (C=O) groups excluding carboxylic acids is 2. The predicted octanol–water partition coefficient (Wildman–Crippen LogP) is 1.84. The molecule has 1 aromatic heterocycles. The number of rotatable bonds is 7. The molecule has 0 spiro atoms. The Bertz CT molecular complexity index is 758. The summed E-state index contributed by atoms with van der Waals surface area (Å²) in [6.45, 7) is 3.37. The maximum Gasteiger partial charge on any atom is 0.250 e. The van der Waals surface area contributed by atoms with E-state index in [4.69, 9.17) is 4.74 Å². The molecule has 0 aliphatic heterocycles. The van der Waals surface area contributed by atoms with Gasteiger partial charge in [-0.1, -0.05) is 6.58 Å². The first-order valence-electron chi connectivity index (χ1n) is 7.07. The highest BCUT2D eigenvalue weighted by Gasteiger charge is 2.09. The van der Waals surface area contributed by atoms with Crippen molar-refractivity contribution in [2.24, 2.45) is 7.05 Å². The van der Waals surface area contributed by atoms with E-state index in [9.17, 15) is 14.0 Å². The number of benzene rings is 1.